The molecule has 0 aliphatic carbocycles. The Kier molecular flexibility index (Phi) is 4.56. The maximum Gasteiger partial charge on any atom is 0.330 e. The molecule has 0 saturated heterocycles. The quantitative estimate of drug-likeness (QED) is 0.498. The molecule has 0 spiro atoms. The summed E-state index contributed by atoms with van der Waals surface area (Å²) in [7, 11) is 0. The number of fused-ring (bicyclic) bond motifs is 1. The minimum absolute atomic E-state index is 0.210. The fourth-order valence-corrected chi connectivity index (χ4v) is 2.22. The molecule has 6 nitrogen and oxygen atoms in total. The van der Waals surface area contributed by atoms with Gasteiger partial charge < -0.3 is 24.4 Å². The van der Waals surface area contributed by atoms with E-state index in [1.165, 1.54) is 24.3 Å². The van der Waals surface area contributed by atoms with E-state index in [0.717, 1.165) is 11.3 Å². The summed E-state index contributed by atoms with van der Waals surface area (Å²) in [5.41, 5.74) is 1.57. The van der Waals surface area contributed by atoms with Crippen molar-refractivity contribution in [2.45, 2.75) is 6.42 Å². The molecule has 0 amide bonds. The Hall–Kier alpha value is -3.15. The molecule has 1 aliphatic rings. The van der Waals surface area contributed by atoms with Crippen molar-refractivity contribution < 1.29 is 29.2 Å². The van der Waals surface area contributed by atoms with Gasteiger partial charge in [-0.2, -0.15) is 0 Å². The van der Waals surface area contributed by atoms with E-state index in [9.17, 15) is 15.0 Å². The zero-order valence-electron chi connectivity index (χ0n) is 12.8. The number of phenolic OH excluding ortho intramolecular Hbond substituents is 2. The lowest BCUT2D eigenvalue weighted by Gasteiger charge is -2.04. The van der Waals surface area contributed by atoms with Crippen molar-refractivity contribution in [2.75, 3.05) is 13.4 Å². The fourth-order valence-electron chi connectivity index (χ4n) is 2.22. The van der Waals surface area contributed by atoms with E-state index in [1.807, 2.05) is 18.2 Å². The van der Waals surface area contributed by atoms with Crippen LogP contribution in [0.3, 0.4) is 0 Å². The average molecular weight is 328 g/mol. The van der Waals surface area contributed by atoms with E-state index in [2.05, 4.69) is 0 Å². The largest absolute Gasteiger partial charge is 0.504 e. The Labute approximate surface area is 138 Å². The van der Waals surface area contributed by atoms with Crippen LogP contribution in [0.2, 0.25) is 0 Å². The van der Waals surface area contributed by atoms with Gasteiger partial charge in [0.2, 0.25) is 6.79 Å². The maximum atomic E-state index is 11.7. The zero-order chi connectivity index (χ0) is 16.9. The van der Waals surface area contributed by atoms with Gasteiger partial charge in [-0.1, -0.05) is 12.1 Å². The average Bonchev–Trinajstić information content (AvgIpc) is 3.04. The third kappa shape index (κ3) is 3.78. The summed E-state index contributed by atoms with van der Waals surface area (Å²) in [5.74, 6) is 0.483. The standard InChI is InChI=1S/C18H16O6/c19-14-4-1-12(9-15(14)20)3-6-18(21)22-8-7-13-2-5-16-17(10-13)24-11-23-16/h1-6,9-10,19-20H,7-8,11H2/b6-3+. The summed E-state index contributed by atoms with van der Waals surface area (Å²) in [5, 5.41) is 18.6. The van der Waals surface area contributed by atoms with Gasteiger partial charge in [-0.3, -0.25) is 0 Å². The second-order valence-corrected chi connectivity index (χ2v) is 5.19. The van der Waals surface area contributed by atoms with Crippen molar-refractivity contribution in [1.82, 2.24) is 0 Å². The van der Waals surface area contributed by atoms with Crippen LogP contribution in [-0.2, 0) is 16.0 Å². The van der Waals surface area contributed by atoms with Crippen LogP contribution in [0.25, 0.3) is 6.08 Å². The van der Waals surface area contributed by atoms with Crippen LogP contribution in [0.4, 0.5) is 0 Å². The first-order valence-corrected chi connectivity index (χ1v) is 7.37. The predicted octanol–water partition coefficient (Wildman–Crippen LogP) is 2.63. The first-order chi connectivity index (χ1) is 11.6. The lowest BCUT2D eigenvalue weighted by Crippen LogP contribution is -2.04. The first kappa shape index (κ1) is 15.7. The summed E-state index contributed by atoms with van der Waals surface area (Å²) in [4.78, 5) is 11.7. The molecule has 124 valence electrons. The molecule has 24 heavy (non-hydrogen) atoms. The van der Waals surface area contributed by atoms with Gasteiger partial charge in [0.25, 0.3) is 0 Å². The molecule has 2 N–H and O–H groups in total. The molecule has 2 aromatic carbocycles. The molecule has 6 heteroatoms. The number of hydrogen-bond donors (Lipinski definition) is 2. The second-order valence-electron chi connectivity index (χ2n) is 5.19. The molecule has 3 rings (SSSR count). The molecule has 1 heterocycles. The van der Waals surface area contributed by atoms with Crippen LogP contribution in [0, 0.1) is 0 Å². The van der Waals surface area contributed by atoms with E-state index < -0.39 is 5.97 Å². The number of ether oxygens (including phenoxy) is 3. The third-order valence-electron chi connectivity index (χ3n) is 3.48. The number of aromatic hydroxyl groups is 2. The monoisotopic (exact) mass is 328 g/mol. The zero-order valence-corrected chi connectivity index (χ0v) is 12.8. The van der Waals surface area contributed by atoms with Crippen LogP contribution < -0.4 is 9.47 Å². The Bertz CT molecular complexity index is 781. The summed E-state index contributed by atoms with van der Waals surface area (Å²) >= 11 is 0. The van der Waals surface area contributed by atoms with Crippen LogP contribution >= 0.6 is 0 Å². The van der Waals surface area contributed by atoms with Crippen molar-refractivity contribution in [3.8, 4) is 23.0 Å². The normalized spacial score (nSPS) is 12.5. The van der Waals surface area contributed by atoms with Gasteiger partial charge in [0.05, 0.1) is 6.61 Å². The summed E-state index contributed by atoms with van der Waals surface area (Å²) in [6, 6.07) is 9.87. The molecule has 1 aliphatic heterocycles. The number of hydrogen-bond acceptors (Lipinski definition) is 6. The highest BCUT2D eigenvalue weighted by atomic mass is 16.7. The van der Waals surface area contributed by atoms with Gasteiger partial charge >= 0.3 is 5.97 Å². The number of rotatable bonds is 5. The van der Waals surface area contributed by atoms with Gasteiger partial charge in [0, 0.05) is 12.5 Å². The number of carbonyl (C=O) groups is 1. The SMILES string of the molecule is O=C(/C=C/c1ccc(O)c(O)c1)OCCc1ccc2c(c1)OCO2. The van der Waals surface area contributed by atoms with Crippen LogP contribution in [0.5, 0.6) is 23.0 Å². The predicted molar refractivity (Wildman–Crippen MR) is 86.0 cm³/mol. The Balaban J connectivity index is 1.48. The Morgan fingerprint density at radius 3 is 2.75 bits per heavy atom. The fraction of sp³-hybridized carbons (Fsp3) is 0.167. The molecule has 2 aromatic rings. The number of benzene rings is 2. The second kappa shape index (κ2) is 6.95. The molecule has 0 unspecified atom stereocenters. The van der Waals surface area contributed by atoms with Gasteiger partial charge in [-0.05, 0) is 41.5 Å². The molecule has 0 fully saturated rings. The maximum absolute atomic E-state index is 11.7. The number of phenols is 2. The van der Waals surface area contributed by atoms with Crippen LogP contribution in [0.1, 0.15) is 11.1 Å². The minimum Gasteiger partial charge on any atom is -0.504 e. The van der Waals surface area contributed by atoms with Gasteiger partial charge in [0.1, 0.15) is 0 Å². The number of esters is 1. The third-order valence-corrected chi connectivity index (χ3v) is 3.48. The molecule has 0 aromatic heterocycles. The van der Waals surface area contributed by atoms with Gasteiger partial charge in [-0.25, -0.2) is 4.79 Å². The van der Waals surface area contributed by atoms with E-state index in [-0.39, 0.29) is 24.9 Å². The van der Waals surface area contributed by atoms with Crippen molar-refractivity contribution in [3.05, 3.63) is 53.6 Å². The van der Waals surface area contributed by atoms with Crippen LogP contribution in [-0.4, -0.2) is 29.6 Å². The van der Waals surface area contributed by atoms with Crippen molar-refractivity contribution in [3.63, 3.8) is 0 Å². The molecular weight excluding hydrogens is 312 g/mol. The summed E-state index contributed by atoms with van der Waals surface area (Å²) in [6.45, 7) is 0.467. The molecule has 0 atom stereocenters. The molecule has 0 radical (unpaired) electrons. The van der Waals surface area contributed by atoms with Gasteiger partial charge in [0.15, 0.2) is 23.0 Å². The molecule has 0 saturated carbocycles. The molecule has 0 bridgehead atoms. The lowest BCUT2D eigenvalue weighted by atomic mass is 10.1. The van der Waals surface area contributed by atoms with E-state index >= 15 is 0 Å². The van der Waals surface area contributed by atoms with E-state index in [4.69, 9.17) is 14.2 Å². The van der Waals surface area contributed by atoms with Crippen molar-refractivity contribution >= 4 is 12.0 Å². The van der Waals surface area contributed by atoms with Crippen molar-refractivity contribution in [2.24, 2.45) is 0 Å². The van der Waals surface area contributed by atoms with Crippen molar-refractivity contribution in [1.29, 1.82) is 0 Å². The summed E-state index contributed by atoms with van der Waals surface area (Å²) in [6.07, 6.45) is 3.34. The Morgan fingerprint density at radius 1 is 1.08 bits per heavy atom. The smallest absolute Gasteiger partial charge is 0.330 e. The highest BCUT2D eigenvalue weighted by Crippen LogP contribution is 2.32. The Morgan fingerprint density at radius 2 is 1.92 bits per heavy atom. The summed E-state index contributed by atoms with van der Waals surface area (Å²) < 4.78 is 15.7. The molecular formula is C18H16O6. The highest BCUT2D eigenvalue weighted by molar-refractivity contribution is 5.87. The first-order valence-electron chi connectivity index (χ1n) is 7.37. The van der Waals surface area contributed by atoms with Crippen LogP contribution in [0.15, 0.2) is 42.5 Å². The minimum atomic E-state index is -0.483. The van der Waals surface area contributed by atoms with E-state index in [0.29, 0.717) is 17.7 Å². The number of carbonyl (C=O) groups excluding carboxylic acids is 1. The van der Waals surface area contributed by atoms with Gasteiger partial charge in [-0.15, -0.1) is 0 Å². The highest BCUT2D eigenvalue weighted by Gasteiger charge is 2.13. The topological polar surface area (TPSA) is 85.2 Å². The lowest BCUT2D eigenvalue weighted by molar-refractivity contribution is -0.137. The van der Waals surface area contributed by atoms with E-state index in [1.54, 1.807) is 6.07 Å².